The predicted octanol–water partition coefficient (Wildman–Crippen LogP) is 3.67. The van der Waals surface area contributed by atoms with E-state index >= 15 is 0 Å². The van der Waals surface area contributed by atoms with Crippen LogP contribution in [0.25, 0.3) is 16.2 Å². The summed E-state index contributed by atoms with van der Waals surface area (Å²) >= 11 is 1.45. The molecule has 7 nitrogen and oxygen atoms in total. The lowest BCUT2D eigenvalue weighted by Gasteiger charge is -2.18. The fourth-order valence-electron chi connectivity index (χ4n) is 2.84. The van der Waals surface area contributed by atoms with Crippen LogP contribution in [0.5, 0.6) is 0 Å². The highest BCUT2D eigenvalue weighted by molar-refractivity contribution is 7.15. The molecule has 27 heavy (non-hydrogen) atoms. The summed E-state index contributed by atoms with van der Waals surface area (Å²) in [6.45, 7) is 4.73. The smallest absolute Gasteiger partial charge is 0.272 e. The second kappa shape index (κ2) is 7.32. The quantitative estimate of drug-likeness (QED) is 0.509. The summed E-state index contributed by atoms with van der Waals surface area (Å²) in [6.07, 6.45) is 2.61. The Balaban J connectivity index is 1.62. The molecule has 138 valence electrons. The molecule has 0 aliphatic carbocycles. The molecule has 0 saturated heterocycles. The van der Waals surface area contributed by atoms with Crippen molar-refractivity contribution in [2.75, 3.05) is 6.54 Å². The van der Waals surface area contributed by atoms with Gasteiger partial charge in [0.2, 0.25) is 5.89 Å². The van der Waals surface area contributed by atoms with Crippen LogP contribution < -0.4 is 0 Å². The van der Waals surface area contributed by atoms with Gasteiger partial charge in [-0.3, -0.25) is 9.20 Å². The predicted molar refractivity (Wildman–Crippen MR) is 103 cm³/mol. The van der Waals surface area contributed by atoms with Crippen molar-refractivity contribution in [2.24, 2.45) is 0 Å². The molecule has 0 aliphatic rings. The van der Waals surface area contributed by atoms with Crippen molar-refractivity contribution in [1.29, 1.82) is 0 Å². The van der Waals surface area contributed by atoms with Gasteiger partial charge in [0.1, 0.15) is 12.2 Å². The number of aryl methyl sites for hydroxylation is 1. The average molecular weight is 381 g/mol. The number of aromatic nitrogens is 4. The fraction of sp³-hybridized carbons (Fsp3) is 0.263. The van der Waals surface area contributed by atoms with E-state index in [9.17, 15) is 4.79 Å². The molecule has 3 aromatic heterocycles. The summed E-state index contributed by atoms with van der Waals surface area (Å²) in [7, 11) is 0. The lowest BCUT2D eigenvalue weighted by molar-refractivity contribution is 0.0728. The summed E-state index contributed by atoms with van der Waals surface area (Å²) in [5, 5.41) is 5.73. The highest BCUT2D eigenvalue weighted by atomic mass is 32.1. The summed E-state index contributed by atoms with van der Waals surface area (Å²) in [6, 6.07) is 9.93. The lowest BCUT2D eigenvalue weighted by atomic mass is 10.2. The molecule has 1 amide bonds. The van der Waals surface area contributed by atoms with E-state index in [1.807, 2.05) is 60.2 Å². The van der Waals surface area contributed by atoms with Gasteiger partial charge in [-0.25, -0.2) is 4.98 Å². The van der Waals surface area contributed by atoms with E-state index < -0.39 is 0 Å². The van der Waals surface area contributed by atoms with E-state index in [1.54, 1.807) is 4.90 Å². The van der Waals surface area contributed by atoms with Crippen molar-refractivity contribution < 1.29 is 9.32 Å². The third kappa shape index (κ3) is 3.35. The average Bonchev–Trinajstić information content (AvgIpc) is 3.41. The van der Waals surface area contributed by atoms with Crippen LogP contribution in [0.4, 0.5) is 0 Å². The number of hydrogen-bond donors (Lipinski definition) is 0. The van der Waals surface area contributed by atoms with Crippen molar-refractivity contribution in [3.8, 4) is 11.3 Å². The van der Waals surface area contributed by atoms with Crippen LogP contribution in [0.1, 0.15) is 36.1 Å². The second-order valence-corrected chi connectivity index (χ2v) is 6.88. The van der Waals surface area contributed by atoms with Gasteiger partial charge in [0.25, 0.3) is 5.91 Å². The molecule has 0 saturated carbocycles. The minimum absolute atomic E-state index is 0.0861. The maximum absolute atomic E-state index is 13.1. The lowest BCUT2D eigenvalue weighted by Crippen LogP contribution is -2.31. The molecule has 0 atom stereocenters. The first-order chi connectivity index (χ1) is 13.2. The third-order valence-electron chi connectivity index (χ3n) is 4.32. The zero-order valence-electron chi connectivity index (χ0n) is 15.1. The van der Waals surface area contributed by atoms with Crippen LogP contribution in [0.3, 0.4) is 0 Å². The van der Waals surface area contributed by atoms with Crippen molar-refractivity contribution in [3.05, 3.63) is 59.3 Å². The summed E-state index contributed by atoms with van der Waals surface area (Å²) in [5.41, 5.74) is 2.46. The summed E-state index contributed by atoms with van der Waals surface area (Å²) in [4.78, 5) is 24.5. The van der Waals surface area contributed by atoms with Crippen LogP contribution in [-0.2, 0) is 13.0 Å². The molecule has 0 bridgehead atoms. The first-order valence-corrected chi connectivity index (χ1v) is 9.70. The Labute approximate surface area is 160 Å². The fourth-order valence-corrected chi connectivity index (χ4v) is 3.68. The molecule has 0 radical (unpaired) electrons. The van der Waals surface area contributed by atoms with Gasteiger partial charge in [-0.15, -0.1) is 11.3 Å². The number of carbonyl (C=O) groups is 1. The number of hydrogen-bond acceptors (Lipinski definition) is 6. The maximum Gasteiger partial charge on any atom is 0.272 e. The Morgan fingerprint density at radius 1 is 1.22 bits per heavy atom. The van der Waals surface area contributed by atoms with E-state index in [1.165, 1.54) is 11.3 Å². The molecule has 0 spiro atoms. The van der Waals surface area contributed by atoms with Gasteiger partial charge in [0.15, 0.2) is 10.8 Å². The topological polar surface area (TPSA) is 76.5 Å². The number of fused-ring (bicyclic) bond motifs is 1. The number of imidazole rings is 1. The Bertz CT molecular complexity index is 1070. The van der Waals surface area contributed by atoms with Gasteiger partial charge in [0.05, 0.1) is 5.69 Å². The molecule has 0 N–H and O–H groups in total. The first-order valence-electron chi connectivity index (χ1n) is 8.82. The molecule has 8 heteroatoms. The number of amides is 1. The molecule has 4 rings (SSSR count). The number of thiazole rings is 1. The largest absolute Gasteiger partial charge is 0.337 e. The molecule has 4 aromatic rings. The standard InChI is InChI=1S/C19H19N5O2S/c1-3-16-21-17(26-22-16)11-23(4-2)18(25)15-12-27-19-20-14(10-24(15)19)13-8-6-5-7-9-13/h5-10,12H,3-4,11H2,1-2H3. The van der Waals surface area contributed by atoms with Crippen LogP contribution in [-0.4, -0.2) is 36.9 Å². The van der Waals surface area contributed by atoms with Gasteiger partial charge < -0.3 is 9.42 Å². The Morgan fingerprint density at radius 2 is 2.04 bits per heavy atom. The molecule has 0 unspecified atom stereocenters. The zero-order valence-corrected chi connectivity index (χ0v) is 15.9. The van der Waals surface area contributed by atoms with Gasteiger partial charge in [-0.05, 0) is 6.92 Å². The summed E-state index contributed by atoms with van der Waals surface area (Å²) < 4.78 is 7.08. The Kier molecular flexibility index (Phi) is 4.72. The summed E-state index contributed by atoms with van der Waals surface area (Å²) in [5.74, 6) is 1.01. The molecule has 0 aliphatic heterocycles. The second-order valence-electron chi connectivity index (χ2n) is 6.04. The number of benzene rings is 1. The van der Waals surface area contributed by atoms with E-state index in [4.69, 9.17) is 4.52 Å². The maximum atomic E-state index is 13.1. The van der Waals surface area contributed by atoms with Gasteiger partial charge in [0, 0.05) is 30.1 Å². The van der Waals surface area contributed by atoms with Crippen LogP contribution in [0.15, 0.2) is 46.4 Å². The van der Waals surface area contributed by atoms with Gasteiger partial charge in [-0.2, -0.15) is 4.98 Å². The third-order valence-corrected chi connectivity index (χ3v) is 5.16. The van der Waals surface area contributed by atoms with E-state index in [0.717, 1.165) is 16.2 Å². The van der Waals surface area contributed by atoms with Gasteiger partial charge >= 0.3 is 0 Å². The Hall–Kier alpha value is -3.00. The molecule has 0 fully saturated rings. The number of nitrogens with zero attached hydrogens (tertiary/aromatic N) is 5. The molecule has 3 heterocycles. The number of rotatable bonds is 6. The molecular weight excluding hydrogens is 362 g/mol. The zero-order chi connectivity index (χ0) is 18.8. The van der Waals surface area contributed by atoms with Crippen molar-refractivity contribution in [3.63, 3.8) is 0 Å². The van der Waals surface area contributed by atoms with Crippen LogP contribution >= 0.6 is 11.3 Å². The SMILES string of the molecule is CCc1noc(CN(CC)C(=O)c2csc3nc(-c4ccccc4)cn23)n1. The van der Waals surface area contributed by atoms with E-state index in [0.29, 0.717) is 36.9 Å². The normalized spacial score (nSPS) is 11.2. The van der Waals surface area contributed by atoms with E-state index in [2.05, 4.69) is 15.1 Å². The Morgan fingerprint density at radius 3 is 2.74 bits per heavy atom. The first kappa shape index (κ1) is 17.4. The van der Waals surface area contributed by atoms with Crippen molar-refractivity contribution >= 4 is 22.2 Å². The van der Waals surface area contributed by atoms with Crippen molar-refractivity contribution in [2.45, 2.75) is 26.8 Å². The minimum atomic E-state index is -0.0861. The number of carbonyl (C=O) groups excluding carboxylic acids is 1. The minimum Gasteiger partial charge on any atom is -0.337 e. The highest BCUT2D eigenvalue weighted by Crippen LogP contribution is 2.24. The van der Waals surface area contributed by atoms with Gasteiger partial charge in [-0.1, -0.05) is 42.4 Å². The van der Waals surface area contributed by atoms with Crippen molar-refractivity contribution in [1.82, 2.24) is 24.4 Å². The molecular formula is C19H19N5O2S. The van der Waals surface area contributed by atoms with E-state index in [-0.39, 0.29) is 5.91 Å². The van der Waals surface area contributed by atoms with Crippen LogP contribution in [0.2, 0.25) is 0 Å². The highest BCUT2D eigenvalue weighted by Gasteiger charge is 2.22. The molecule has 1 aromatic carbocycles. The van der Waals surface area contributed by atoms with Crippen LogP contribution in [0, 0.1) is 0 Å². The monoisotopic (exact) mass is 381 g/mol.